The van der Waals surface area contributed by atoms with Gasteiger partial charge in [0.25, 0.3) is 0 Å². The normalized spacial score (nSPS) is 11.1. The standard InChI is InChI=1S/C13H16O4/c1-10(9-17-13(15)16-2)7-8-11-5-3-4-6-12(11)14/h3-7,14H,8-9H2,1-2H3. The number of methoxy groups -OCH3 is 1. The fraction of sp³-hybridized carbons (Fsp3) is 0.308. The molecule has 0 saturated heterocycles. The first kappa shape index (κ1) is 13.1. The zero-order valence-electron chi connectivity index (χ0n) is 9.97. The van der Waals surface area contributed by atoms with Gasteiger partial charge < -0.3 is 14.6 Å². The molecule has 0 radical (unpaired) electrons. The second-order valence-corrected chi connectivity index (χ2v) is 3.63. The quantitative estimate of drug-likeness (QED) is 0.645. The number of benzene rings is 1. The lowest BCUT2D eigenvalue weighted by atomic mass is 10.1. The average molecular weight is 236 g/mol. The topological polar surface area (TPSA) is 55.8 Å². The molecular weight excluding hydrogens is 220 g/mol. The molecule has 0 aliphatic rings. The van der Waals surface area contributed by atoms with Crippen molar-refractivity contribution in [3.63, 3.8) is 0 Å². The number of hydrogen-bond donors (Lipinski definition) is 1. The van der Waals surface area contributed by atoms with E-state index < -0.39 is 6.16 Å². The number of phenolic OH excluding ortho intramolecular Hbond substituents is 1. The first-order valence-electron chi connectivity index (χ1n) is 5.26. The van der Waals surface area contributed by atoms with Gasteiger partial charge >= 0.3 is 6.16 Å². The van der Waals surface area contributed by atoms with Gasteiger partial charge in [0.2, 0.25) is 0 Å². The first-order chi connectivity index (χ1) is 8.13. The van der Waals surface area contributed by atoms with Crippen LogP contribution in [0.1, 0.15) is 12.5 Å². The second-order valence-electron chi connectivity index (χ2n) is 3.63. The van der Waals surface area contributed by atoms with Crippen LogP contribution in [-0.2, 0) is 15.9 Å². The number of ether oxygens (including phenoxy) is 2. The van der Waals surface area contributed by atoms with Crippen molar-refractivity contribution in [3.8, 4) is 5.75 Å². The highest BCUT2D eigenvalue weighted by atomic mass is 16.7. The number of allylic oxidation sites excluding steroid dienone is 1. The van der Waals surface area contributed by atoms with Crippen molar-refractivity contribution in [3.05, 3.63) is 41.5 Å². The third-order valence-corrected chi connectivity index (χ3v) is 2.25. The molecule has 1 aromatic carbocycles. The Balaban J connectivity index is 2.48. The molecular formula is C13H16O4. The molecule has 0 aliphatic carbocycles. The Hall–Kier alpha value is -1.97. The van der Waals surface area contributed by atoms with Gasteiger partial charge in [-0.2, -0.15) is 0 Å². The lowest BCUT2D eigenvalue weighted by Crippen LogP contribution is -2.06. The minimum atomic E-state index is -0.694. The van der Waals surface area contributed by atoms with Crippen LogP contribution >= 0.6 is 0 Å². The first-order valence-corrected chi connectivity index (χ1v) is 5.26. The van der Waals surface area contributed by atoms with Crippen molar-refractivity contribution in [1.29, 1.82) is 0 Å². The van der Waals surface area contributed by atoms with Crippen LogP contribution in [0.25, 0.3) is 0 Å². The van der Waals surface area contributed by atoms with Crippen LogP contribution in [0, 0.1) is 0 Å². The minimum absolute atomic E-state index is 0.195. The minimum Gasteiger partial charge on any atom is -0.508 e. The molecule has 0 aromatic heterocycles. The van der Waals surface area contributed by atoms with Gasteiger partial charge in [-0.15, -0.1) is 0 Å². The Bertz CT molecular complexity index is 410. The maximum absolute atomic E-state index is 10.7. The van der Waals surface area contributed by atoms with Gasteiger partial charge in [-0.1, -0.05) is 24.3 Å². The van der Waals surface area contributed by atoms with E-state index in [1.165, 1.54) is 7.11 Å². The average Bonchev–Trinajstić information content (AvgIpc) is 2.35. The molecule has 0 amide bonds. The van der Waals surface area contributed by atoms with Crippen LogP contribution < -0.4 is 0 Å². The zero-order valence-corrected chi connectivity index (χ0v) is 9.97. The Morgan fingerprint density at radius 3 is 2.76 bits per heavy atom. The Kier molecular flexibility index (Phi) is 5.07. The molecule has 4 heteroatoms. The number of rotatable bonds is 4. The molecule has 1 aromatic rings. The van der Waals surface area contributed by atoms with E-state index in [0.717, 1.165) is 11.1 Å². The number of carbonyl (C=O) groups excluding carboxylic acids is 1. The number of phenols is 1. The summed E-state index contributed by atoms with van der Waals surface area (Å²) in [5.74, 6) is 0.269. The van der Waals surface area contributed by atoms with E-state index in [2.05, 4.69) is 4.74 Å². The van der Waals surface area contributed by atoms with Crippen molar-refractivity contribution in [1.82, 2.24) is 0 Å². The summed E-state index contributed by atoms with van der Waals surface area (Å²) in [7, 11) is 1.27. The van der Waals surface area contributed by atoms with Gasteiger partial charge in [0.15, 0.2) is 0 Å². The van der Waals surface area contributed by atoms with Crippen molar-refractivity contribution in [2.45, 2.75) is 13.3 Å². The van der Waals surface area contributed by atoms with Gasteiger partial charge in [-0.05, 0) is 30.5 Å². The van der Waals surface area contributed by atoms with E-state index >= 15 is 0 Å². The Morgan fingerprint density at radius 2 is 2.12 bits per heavy atom. The van der Waals surface area contributed by atoms with Crippen LogP contribution in [-0.4, -0.2) is 25.0 Å². The van der Waals surface area contributed by atoms with Gasteiger partial charge in [0.1, 0.15) is 12.4 Å². The summed E-state index contributed by atoms with van der Waals surface area (Å²) in [6, 6.07) is 7.13. The van der Waals surface area contributed by atoms with E-state index in [0.29, 0.717) is 6.42 Å². The maximum atomic E-state index is 10.7. The van der Waals surface area contributed by atoms with Crippen molar-refractivity contribution in [2.75, 3.05) is 13.7 Å². The zero-order chi connectivity index (χ0) is 12.7. The summed E-state index contributed by atoms with van der Waals surface area (Å²) < 4.78 is 9.13. The molecule has 0 unspecified atom stereocenters. The molecule has 92 valence electrons. The monoisotopic (exact) mass is 236 g/mol. The molecule has 0 bridgehead atoms. The predicted molar refractivity (Wildman–Crippen MR) is 63.9 cm³/mol. The molecule has 0 aliphatic heterocycles. The van der Waals surface area contributed by atoms with Crippen molar-refractivity contribution < 1.29 is 19.4 Å². The summed E-state index contributed by atoms with van der Waals surface area (Å²) in [6.45, 7) is 2.04. The van der Waals surface area contributed by atoms with E-state index in [9.17, 15) is 9.90 Å². The number of para-hydroxylation sites is 1. The lowest BCUT2D eigenvalue weighted by Gasteiger charge is -2.04. The molecule has 0 spiro atoms. The highest BCUT2D eigenvalue weighted by molar-refractivity contribution is 5.59. The largest absolute Gasteiger partial charge is 0.508 e. The van der Waals surface area contributed by atoms with E-state index in [4.69, 9.17) is 4.74 Å². The third kappa shape index (κ3) is 4.59. The van der Waals surface area contributed by atoms with Gasteiger partial charge in [-0.25, -0.2) is 4.79 Å². The molecule has 0 heterocycles. The summed E-state index contributed by atoms with van der Waals surface area (Å²) in [5.41, 5.74) is 1.74. The van der Waals surface area contributed by atoms with Crippen LogP contribution in [0.2, 0.25) is 0 Å². The lowest BCUT2D eigenvalue weighted by molar-refractivity contribution is 0.0798. The van der Waals surface area contributed by atoms with Crippen LogP contribution in [0.5, 0.6) is 5.75 Å². The summed E-state index contributed by atoms with van der Waals surface area (Å²) >= 11 is 0. The number of hydrogen-bond acceptors (Lipinski definition) is 4. The summed E-state index contributed by atoms with van der Waals surface area (Å²) in [4.78, 5) is 10.7. The fourth-order valence-electron chi connectivity index (χ4n) is 1.26. The molecule has 0 fully saturated rings. The second kappa shape index (κ2) is 6.58. The van der Waals surface area contributed by atoms with E-state index in [1.807, 2.05) is 25.1 Å². The van der Waals surface area contributed by atoms with Crippen LogP contribution in [0.4, 0.5) is 4.79 Å². The van der Waals surface area contributed by atoms with Crippen LogP contribution in [0.3, 0.4) is 0 Å². The summed E-state index contributed by atoms with van der Waals surface area (Å²) in [6.07, 6.45) is 1.81. The maximum Gasteiger partial charge on any atom is 0.508 e. The van der Waals surface area contributed by atoms with Crippen molar-refractivity contribution in [2.24, 2.45) is 0 Å². The molecule has 1 N–H and O–H groups in total. The summed E-state index contributed by atoms with van der Waals surface area (Å²) in [5, 5.41) is 9.54. The van der Waals surface area contributed by atoms with Gasteiger partial charge in [-0.3, -0.25) is 0 Å². The molecule has 4 nitrogen and oxygen atoms in total. The molecule has 0 atom stereocenters. The number of aromatic hydroxyl groups is 1. The van der Waals surface area contributed by atoms with E-state index in [1.54, 1.807) is 12.1 Å². The Labute approximate surface area is 100 Å². The van der Waals surface area contributed by atoms with Gasteiger partial charge in [0.05, 0.1) is 7.11 Å². The molecule has 1 rings (SSSR count). The fourth-order valence-corrected chi connectivity index (χ4v) is 1.26. The highest BCUT2D eigenvalue weighted by Crippen LogP contribution is 2.16. The Morgan fingerprint density at radius 1 is 1.41 bits per heavy atom. The SMILES string of the molecule is COC(=O)OCC(C)=CCc1ccccc1O. The predicted octanol–water partition coefficient (Wildman–Crippen LogP) is 2.66. The smallest absolute Gasteiger partial charge is 0.508 e. The van der Waals surface area contributed by atoms with E-state index in [-0.39, 0.29) is 12.4 Å². The molecule has 0 saturated carbocycles. The molecule has 17 heavy (non-hydrogen) atoms. The third-order valence-electron chi connectivity index (χ3n) is 2.25. The highest BCUT2D eigenvalue weighted by Gasteiger charge is 2.01. The van der Waals surface area contributed by atoms with Gasteiger partial charge in [0, 0.05) is 0 Å². The van der Waals surface area contributed by atoms with Crippen molar-refractivity contribution >= 4 is 6.16 Å². The van der Waals surface area contributed by atoms with Crippen LogP contribution in [0.15, 0.2) is 35.9 Å². The number of carbonyl (C=O) groups is 1.